The fourth-order valence-corrected chi connectivity index (χ4v) is 3.51. The molecule has 1 saturated carbocycles. The first kappa shape index (κ1) is 14.3. The Morgan fingerprint density at radius 2 is 1.38 bits per heavy atom. The van der Waals surface area contributed by atoms with Gasteiger partial charge in [-0.25, -0.2) is 0 Å². The van der Waals surface area contributed by atoms with Crippen LogP contribution in [0, 0.1) is 0 Å². The Hall–Kier alpha value is -1.60. The third kappa shape index (κ3) is 3.74. The zero-order valence-electron chi connectivity index (χ0n) is 12.8. The second kappa shape index (κ2) is 6.91. The van der Waals surface area contributed by atoms with E-state index < -0.39 is 0 Å². The summed E-state index contributed by atoms with van der Waals surface area (Å²) in [4.78, 5) is 0. The van der Waals surface area contributed by atoms with Crippen LogP contribution in [0.5, 0.6) is 0 Å². The molecule has 1 aliphatic rings. The summed E-state index contributed by atoms with van der Waals surface area (Å²) < 4.78 is 0. The van der Waals surface area contributed by atoms with Crippen LogP contribution >= 0.6 is 0 Å². The molecule has 0 spiro atoms. The van der Waals surface area contributed by atoms with E-state index in [1.807, 2.05) is 0 Å². The van der Waals surface area contributed by atoms with Crippen molar-refractivity contribution in [2.75, 3.05) is 0 Å². The van der Waals surface area contributed by atoms with E-state index in [2.05, 4.69) is 72.9 Å². The molecule has 0 heterocycles. The van der Waals surface area contributed by atoms with Crippen LogP contribution in [0.1, 0.15) is 55.7 Å². The molecule has 2 aromatic rings. The first-order valence-corrected chi connectivity index (χ1v) is 8.19. The fraction of sp³-hybridized carbons (Fsp3) is 0.400. The molecule has 1 heteroatoms. The lowest BCUT2D eigenvalue weighted by atomic mass is 9.81. The topological polar surface area (TPSA) is 12.0 Å². The van der Waals surface area contributed by atoms with Gasteiger partial charge in [-0.2, -0.15) is 0 Å². The zero-order chi connectivity index (χ0) is 14.5. The maximum absolute atomic E-state index is 3.81. The Labute approximate surface area is 128 Å². The maximum Gasteiger partial charge on any atom is 0.0294 e. The molecule has 2 aromatic carbocycles. The standard InChI is InChI=1S/C20H25N/c1-16(17-8-4-2-5-9-17)21-20-14-12-19(13-15-20)18-10-6-3-7-11-18/h2-11,16,19-21H,12-15H2,1H3/t16-,19?,20?/m0/s1. The van der Waals surface area contributed by atoms with Crippen LogP contribution in [0.25, 0.3) is 0 Å². The van der Waals surface area contributed by atoms with Crippen molar-refractivity contribution in [2.45, 2.75) is 50.6 Å². The van der Waals surface area contributed by atoms with E-state index in [1.54, 1.807) is 0 Å². The summed E-state index contributed by atoms with van der Waals surface area (Å²) in [5, 5.41) is 3.81. The number of hydrogen-bond acceptors (Lipinski definition) is 1. The molecule has 1 fully saturated rings. The second-order valence-electron chi connectivity index (χ2n) is 6.26. The Balaban J connectivity index is 1.52. The van der Waals surface area contributed by atoms with Crippen molar-refractivity contribution < 1.29 is 0 Å². The molecule has 110 valence electrons. The summed E-state index contributed by atoms with van der Waals surface area (Å²) in [6.45, 7) is 2.28. The molecule has 0 aromatic heterocycles. The molecule has 1 N–H and O–H groups in total. The largest absolute Gasteiger partial charge is 0.307 e. The van der Waals surface area contributed by atoms with Crippen molar-refractivity contribution in [3.8, 4) is 0 Å². The molecule has 0 aliphatic heterocycles. The Morgan fingerprint density at radius 3 is 2.00 bits per heavy atom. The normalized spacial score (nSPS) is 23.7. The Kier molecular flexibility index (Phi) is 4.72. The van der Waals surface area contributed by atoms with E-state index in [-0.39, 0.29) is 0 Å². The summed E-state index contributed by atoms with van der Waals surface area (Å²) >= 11 is 0. The number of hydrogen-bond donors (Lipinski definition) is 1. The highest BCUT2D eigenvalue weighted by Crippen LogP contribution is 2.33. The highest BCUT2D eigenvalue weighted by Gasteiger charge is 2.23. The van der Waals surface area contributed by atoms with Crippen molar-refractivity contribution in [1.82, 2.24) is 5.32 Å². The smallest absolute Gasteiger partial charge is 0.0294 e. The first-order chi connectivity index (χ1) is 10.3. The zero-order valence-corrected chi connectivity index (χ0v) is 12.8. The van der Waals surface area contributed by atoms with E-state index in [4.69, 9.17) is 0 Å². The molecule has 0 saturated heterocycles. The third-order valence-corrected chi connectivity index (χ3v) is 4.78. The lowest BCUT2D eigenvalue weighted by Crippen LogP contribution is -2.34. The molecule has 0 unspecified atom stereocenters. The molecule has 21 heavy (non-hydrogen) atoms. The Bertz CT molecular complexity index is 526. The van der Waals surface area contributed by atoms with Gasteiger partial charge in [-0.05, 0) is 49.7 Å². The summed E-state index contributed by atoms with van der Waals surface area (Å²) in [7, 11) is 0. The van der Waals surface area contributed by atoms with Crippen molar-refractivity contribution in [3.63, 3.8) is 0 Å². The lowest BCUT2D eigenvalue weighted by molar-refractivity contribution is 0.322. The van der Waals surface area contributed by atoms with Gasteiger partial charge in [0, 0.05) is 12.1 Å². The summed E-state index contributed by atoms with van der Waals surface area (Å²) in [6.07, 6.45) is 5.19. The van der Waals surface area contributed by atoms with E-state index in [0.29, 0.717) is 12.1 Å². The van der Waals surface area contributed by atoms with Crippen LogP contribution in [0.2, 0.25) is 0 Å². The van der Waals surface area contributed by atoms with Crippen molar-refractivity contribution in [2.24, 2.45) is 0 Å². The quantitative estimate of drug-likeness (QED) is 0.824. The van der Waals surface area contributed by atoms with Gasteiger partial charge in [0.2, 0.25) is 0 Å². The van der Waals surface area contributed by atoms with Crippen LogP contribution in [-0.4, -0.2) is 6.04 Å². The summed E-state index contributed by atoms with van der Waals surface area (Å²) in [5.74, 6) is 0.760. The second-order valence-corrected chi connectivity index (χ2v) is 6.26. The van der Waals surface area contributed by atoms with Crippen LogP contribution in [0.15, 0.2) is 60.7 Å². The van der Waals surface area contributed by atoms with Gasteiger partial charge in [-0.15, -0.1) is 0 Å². The van der Waals surface area contributed by atoms with Gasteiger partial charge in [0.1, 0.15) is 0 Å². The fourth-order valence-electron chi connectivity index (χ4n) is 3.51. The van der Waals surface area contributed by atoms with E-state index >= 15 is 0 Å². The van der Waals surface area contributed by atoms with E-state index in [1.165, 1.54) is 36.8 Å². The molecule has 0 amide bonds. The van der Waals surface area contributed by atoms with Gasteiger partial charge in [0.05, 0.1) is 0 Å². The summed E-state index contributed by atoms with van der Waals surface area (Å²) in [5.41, 5.74) is 2.91. The minimum atomic E-state index is 0.449. The minimum Gasteiger partial charge on any atom is -0.307 e. The van der Waals surface area contributed by atoms with Crippen LogP contribution in [0.4, 0.5) is 0 Å². The van der Waals surface area contributed by atoms with Crippen LogP contribution < -0.4 is 5.32 Å². The molecule has 0 bridgehead atoms. The molecule has 0 radical (unpaired) electrons. The van der Waals surface area contributed by atoms with Gasteiger partial charge in [-0.1, -0.05) is 60.7 Å². The average molecular weight is 279 g/mol. The van der Waals surface area contributed by atoms with Crippen molar-refractivity contribution >= 4 is 0 Å². The van der Waals surface area contributed by atoms with Gasteiger partial charge >= 0.3 is 0 Å². The first-order valence-electron chi connectivity index (χ1n) is 8.19. The van der Waals surface area contributed by atoms with Crippen molar-refractivity contribution in [3.05, 3.63) is 71.8 Å². The van der Waals surface area contributed by atoms with E-state index in [9.17, 15) is 0 Å². The number of rotatable bonds is 4. The molecular weight excluding hydrogens is 254 g/mol. The predicted octanol–water partition coefficient (Wildman–Crippen LogP) is 5.06. The monoisotopic (exact) mass is 279 g/mol. The summed E-state index contributed by atoms with van der Waals surface area (Å²) in [6, 6.07) is 22.9. The molecule has 3 rings (SSSR count). The maximum atomic E-state index is 3.81. The van der Waals surface area contributed by atoms with Crippen molar-refractivity contribution in [1.29, 1.82) is 0 Å². The van der Waals surface area contributed by atoms with Gasteiger partial charge in [0.15, 0.2) is 0 Å². The van der Waals surface area contributed by atoms with E-state index in [0.717, 1.165) is 5.92 Å². The lowest BCUT2D eigenvalue weighted by Gasteiger charge is -2.31. The average Bonchev–Trinajstić information content (AvgIpc) is 2.57. The predicted molar refractivity (Wildman–Crippen MR) is 89.4 cm³/mol. The molecular formula is C20H25N. The van der Waals surface area contributed by atoms with Crippen LogP contribution in [0.3, 0.4) is 0 Å². The number of benzene rings is 2. The highest BCUT2D eigenvalue weighted by molar-refractivity contribution is 5.21. The Morgan fingerprint density at radius 1 is 0.810 bits per heavy atom. The SMILES string of the molecule is C[C@H](NC1CCC(c2ccccc2)CC1)c1ccccc1. The molecule has 1 aliphatic carbocycles. The van der Waals surface area contributed by atoms with Gasteiger partial charge < -0.3 is 5.32 Å². The molecule has 1 nitrogen and oxygen atoms in total. The molecule has 1 atom stereocenters. The van der Waals surface area contributed by atoms with Crippen LogP contribution in [-0.2, 0) is 0 Å². The van der Waals surface area contributed by atoms with Gasteiger partial charge in [-0.3, -0.25) is 0 Å². The number of nitrogens with one attached hydrogen (secondary N) is 1. The highest BCUT2D eigenvalue weighted by atomic mass is 14.9. The van der Waals surface area contributed by atoms with Gasteiger partial charge in [0.25, 0.3) is 0 Å². The third-order valence-electron chi connectivity index (χ3n) is 4.78. The minimum absolute atomic E-state index is 0.449.